The molecule has 0 spiro atoms. The molecule has 11 aromatic rings. The standard InChI is InChI=1S/C30H19BN2.C19H15N/c31-21-12-16-28-26(18-21)25-17-20(11-15-27(25)32-28)19-9-13-22(14-10-19)33-29-7-3-1-5-23(29)24-6-2-4-8-30(24)33;1-14-10-12-15(13-11-14)20-18-8-4-2-6-16(18)17-7-3-5-9-19(17)20/h1-18,32H;2-13H,1H3. The molecular weight excluding hydrogens is 641 g/mol. The fourth-order valence-electron chi connectivity index (χ4n) is 7.99. The van der Waals surface area contributed by atoms with Crippen molar-refractivity contribution >= 4 is 78.7 Å². The molecule has 0 aliphatic rings. The van der Waals surface area contributed by atoms with Crippen molar-refractivity contribution in [1.29, 1.82) is 0 Å². The van der Waals surface area contributed by atoms with E-state index in [0.717, 1.165) is 27.6 Å². The molecule has 0 aliphatic carbocycles. The van der Waals surface area contributed by atoms with Gasteiger partial charge in [-0.15, -0.1) is 0 Å². The van der Waals surface area contributed by atoms with Gasteiger partial charge in [-0.3, -0.25) is 0 Å². The number of nitrogens with one attached hydrogen (secondary N) is 1. The lowest BCUT2D eigenvalue weighted by atomic mass is 9.94. The number of aromatic nitrogens is 3. The summed E-state index contributed by atoms with van der Waals surface area (Å²) in [7, 11) is 6.05. The molecule has 1 N–H and O–H groups in total. The molecule has 0 atom stereocenters. The van der Waals surface area contributed by atoms with Gasteiger partial charge in [0.25, 0.3) is 0 Å². The van der Waals surface area contributed by atoms with Gasteiger partial charge in [-0.1, -0.05) is 126 Å². The molecular formula is C49H34BN3. The van der Waals surface area contributed by atoms with Crippen LogP contribution >= 0.6 is 0 Å². The Balaban J connectivity index is 0.000000149. The van der Waals surface area contributed by atoms with Crippen LogP contribution in [0.1, 0.15) is 5.56 Å². The lowest BCUT2D eigenvalue weighted by Crippen LogP contribution is -1.98. The minimum atomic E-state index is 0.782. The smallest absolute Gasteiger partial charge is 0.113 e. The molecule has 0 saturated heterocycles. The molecule has 3 heterocycles. The average Bonchev–Trinajstić information content (AvgIpc) is 3.86. The Bertz CT molecular complexity index is 3020. The Morgan fingerprint density at radius 2 is 0.774 bits per heavy atom. The molecule has 0 saturated carbocycles. The van der Waals surface area contributed by atoms with Crippen LogP contribution in [0, 0.1) is 6.92 Å². The second-order valence-corrected chi connectivity index (χ2v) is 13.8. The summed E-state index contributed by atoms with van der Waals surface area (Å²) in [5.74, 6) is 0. The first-order valence-corrected chi connectivity index (χ1v) is 18.1. The Labute approximate surface area is 308 Å². The summed E-state index contributed by atoms with van der Waals surface area (Å²) >= 11 is 0. The molecule has 3 nitrogen and oxygen atoms in total. The van der Waals surface area contributed by atoms with Gasteiger partial charge >= 0.3 is 0 Å². The Morgan fingerprint density at radius 1 is 0.377 bits per heavy atom. The van der Waals surface area contributed by atoms with Crippen molar-refractivity contribution in [3.8, 4) is 22.5 Å². The third-order valence-electron chi connectivity index (χ3n) is 10.5. The highest BCUT2D eigenvalue weighted by atomic mass is 15.0. The fourth-order valence-corrected chi connectivity index (χ4v) is 7.99. The first-order chi connectivity index (χ1) is 26.1. The van der Waals surface area contributed by atoms with Crippen LogP contribution in [0.4, 0.5) is 0 Å². The van der Waals surface area contributed by atoms with E-state index in [4.69, 9.17) is 7.85 Å². The van der Waals surface area contributed by atoms with Gasteiger partial charge in [0.05, 0.1) is 22.1 Å². The Hall–Kier alpha value is -6.78. The zero-order valence-corrected chi connectivity index (χ0v) is 29.3. The van der Waals surface area contributed by atoms with Gasteiger partial charge in [-0.25, -0.2) is 0 Å². The average molecular weight is 676 g/mol. The van der Waals surface area contributed by atoms with Crippen LogP contribution in [-0.2, 0) is 0 Å². The minimum Gasteiger partial charge on any atom is -0.355 e. The lowest BCUT2D eigenvalue weighted by Gasteiger charge is -2.09. The number of benzene rings is 8. The number of hydrogen-bond acceptors (Lipinski definition) is 0. The van der Waals surface area contributed by atoms with Gasteiger partial charge in [0, 0.05) is 54.7 Å². The molecule has 8 aromatic carbocycles. The summed E-state index contributed by atoms with van der Waals surface area (Å²) < 4.78 is 4.68. The summed E-state index contributed by atoms with van der Waals surface area (Å²) in [6, 6.07) is 64.6. The monoisotopic (exact) mass is 675 g/mol. The number of H-pyrrole nitrogens is 1. The number of para-hydroxylation sites is 4. The summed E-state index contributed by atoms with van der Waals surface area (Å²) in [5.41, 5.74) is 14.0. The molecule has 0 aliphatic heterocycles. The highest BCUT2D eigenvalue weighted by Crippen LogP contribution is 2.35. The van der Waals surface area contributed by atoms with Crippen LogP contribution in [0.25, 0.3) is 87.9 Å². The first kappa shape index (κ1) is 31.0. The van der Waals surface area contributed by atoms with Crippen LogP contribution < -0.4 is 5.46 Å². The van der Waals surface area contributed by atoms with Gasteiger partial charge in [-0.05, 0) is 84.8 Å². The molecule has 0 amide bonds. The minimum absolute atomic E-state index is 0.782. The SMILES string of the molecule is Cc1ccc(-n2c3ccccc3c3ccccc32)cc1.[B]c1ccc2[nH]c3ccc(-c4ccc(-n5c6ccccc6c6ccccc65)cc4)cc3c2c1. The van der Waals surface area contributed by atoms with Crippen molar-refractivity contribution in [3.05, 3.63) is 188 Å². The van der Waals surface area contributed by atoms with E-state index in [1.807, 2.05) is 18.2 Å². The third kappa shape index (κ3) is 5.22. The molecule has 0 bridgehead atoms. The van der Waals surface area contributed by atoms with Crippen LogP contribution in [0.3, 0.4) is 0 Å². The van der Waals surface area contributed by atoms with Crippen LogP contribution in [-0.4, -0.2) is 22.0 Å². The molecule has 4 heteroatoms. The van der Waals surface area contributed by atoms with Gasteiger partial charge in [-0.2, -0.15) is 0 Å². The normalized spacial score (nSPS) is 11.6. The molecule has 3 aromatic heterocycles. The lowest BCUT2D eigenvalue weighted by molar-refractivity contribution is 1.17. The van der Waals surface area contributed by atoms with Gasteiger partial charge in [0.15, 0.2) is 0 Å². The Kier molecular flexibility index (Phi) is 7.29. The number of aromatic amines is 1. The van der Waals surface area contributed by atoms with Crippen LogP contribution in [0.2, 0.25) is 0 Å². The van der Waals surface area contributed by atoms with E-state index in [1.165, 1.54) is 71.4 Å². The van der Waals surface area contributed by atoms with Crippen molar-refractivity contribution in [2.75, 3.05) is 0 Å². The van der Waals surface area contributed by atoms with Gasteiger partial charge in [0.1, 0.15) is 7.85 Å². The molecule has 248 valence electrons. The Morgan fingerprint density at radius 3 is 1.26 bits per heavy atom. The second-order valence-electron chi connectivity index (χ2n) is 13.8. The zero-order valence-electron chi connectivity index (χ0n) is 29.3. The van der Waals surface area contributed by atoms with Crippen molar-refractivity contribution in [2.24, 2.45) is 0 Å². The van der Waals surface area contributed by atoms with E-state index < -0.39 is 0 Å². The number of aryl methyl sites for hydroxylation is 1. The molecule has 11 rings (SSSR count). The summed E-state index contributed by atoms with van der Waals surface area (Å²) in [4.78, 5) is 3.49. The zero-order chi connectivity index (χ0) is 35.5. The summed E-state index contributed by atoms with van der Waals surface area (Å²) in [6.07, 6.45) is 0. The number of fused-ring (bicyclic) bond motifs is 9. The van der Waals surface area contributed by atoms with E-state index in [9.17, 15) is 0 Å². The number of hydrogen-bond donors (Lipinski definition) is 1. The van der Waals surface area contributed by atoms with Crippen molar-refractivity contribution < 1.29 is 0 Å². The highest BCUT2D eigenvalue weighted by Gasteiger charge is 2.13. The molecule has 2 radical (unpaired) electrons. The third-order valence-corrected chi connectivity index (χ3v) is 10.5. The van der Waals surface area contributed by atoms with E-state index in [0.29, 0.717) is 0 Å². The maximum Gasteiger partial charge on any atom is 0.113 e. The quantitative estimate of drug-likeness (QED) is 0.180. The maximum absolute atomic E-state index is 6.05. The van der Waals surface area contributed by atoms with E-state index in [2.05, 4.69) is 185 Å². The molecule has 0 fully saturated rings. The van der Waals surface area contributed by atoms with Crippen molar-refractivity contribution in [1.82, 2.24) is 14.1 Å². The van der Waals surface area contributed by atoms with Crippen molar-refractivity contribution in [2.45, 2.75) is 6.92 Å². The predicted octanol–water partition coefficient (Wildman–Crippen LogP) is 12.0. The summed E-state index contributed by atoms with van der Waals surface area (Å²) in [5, 5.41) is 7.53. The topological polar surface area (TPSA) is 25.6 Å². The summed E-state index contributed by atoms with van der Waals surface area (Å²) in [6.45, 7) is 2.12. The van der Waals surface area contributed by atoms with Gasteiger partial charge < -0.3 is 14.1 Å². The van der Waals surface area contributed by atoms with E-state index in [-0.39, 0.29) is 0 Å². The maximum atomic E-state index is 6.05. The number of nitrogens with zero attached hydrogens (tertiary/aromatic N) is 2. The highest BCUT2D eigenvalue weighted by molar-refractivity contribution is 6.33. The second kappa shape index (κ2) is 12.5. The van der Waals surface area contributed by atoms with E-state index >= 15 is 0 Å². The van der Waals surface area contributed by atoms with Gasteiger partial charge in [0.2, 0.25) is 0 Å². The van der Waals surface area contributed by atoms with E-state index in [1.54, 1.807) is 0 Å². The number of rotatable bonds is 3. The molecule has 0 unspecified atom stereocenters. The largest absolute Gasteiger partial charge is 0.355 e. The predicted molar refractivity (Wildman–Crippen MR) is 226 cm³/mol. The van der Waals surface area contributed by atoms with Crippen molar-refractivity contribution in [3.63, 3.8) is 0 Å². The van der Waals surface area contributed by atoms with Crippen LogP contribution in [0.5, 0.6) is 0 Å². The van der Waals surface area contributed by atoms with Crippen LogP contribution in [0.15, 0.2) is 182 Å². The fraction of sp³-hybridized carbons (Fsp3) is 0.0204. The molecule has 53 heavy (non-hydrogen) atoms. The first-order valence-electron chi connectivity index (χ1n) is 18.1.